The summed E-state index contributed by atoms with van der Waals surface area (Å²) in [4.78, 5) is 13.5. The number of fused-ring (bicyclic) bond motifs is 1. The Balaban J connectivity index is 1.45. The fourth-order valence-corrected chi connectivity index (χ4v) is 3.77. The Labute approximate surface area is 166 Å². The highest BCUT2D eigenvalue weighted by Crippen LogP contribution is 2.36. The molecule has 0 spiro atoms. The molecular weight excluding hydrogens is 383 g/mol. The molecule has 0 saturated carbocycles. The smallest absolute Gasteiger partial charge is 0.391 e. The standard InChI is InChI=1S/C21H22F3N3O2/c1-13-10-16(27-8-6-14(7-9-27)21(22,23)24)3-4-17(13)25-15-2-5-19-18(11-15)26-20(28)12-29-19/h2-5,10-11,14,25H,6-9,12H2,1H3,(H,26,28). The third-order valence-corrected chi connectivity index (χ3v) is 5.42. The number of hydrogen-bond donors (Lipinski definition) is 2. The van der Waals surface area contributed by atoms with Crippen molar-refractivity contribution < 1.29 is 22.7 Å². The van der Waals surface area contributed by atoms with Gasteiger partial charge in [0.25, 0.3) is 5.91 Å². The minimum Gasteiger partial charge on any atom is -0.482 e. The van der Waals surface area contributed by atoms with Crippen LogP contribution in [0.3, 0.4) is 0 Å². The molecular formula is C21H22F3N3O2. The van der Waals surface area contributed by atoms with Crippen molar-refractivity contribution in [3.63, 3.8) is 0 Å². The lowest BCUT2D eigenvalue weighted by Gasteiger charge is -2.34. The van der Waals surface area contributed by atoms with Gasteiger partial charge < -0.3 is 20.3 Å². The first-order chi connectivity index (χ1) is 13.8. The van der Waals surface area contributed by atoms with Crippen molar-refractivity contribution >= 4 is 28.7 Å². The molecule has 5 nitrogen and oxygen atoms in total. The maximum absolute atomic E-state index is 12.9. The van der Waals surface area contributed by atoms with E-state index in [4.69, 9.17) is 4.74 Å². The van der Waals surface area contributed by atoms with Gasteiger partial charge in [0.05, 0.1) is 11.6 Å². The Morgan fingerprint density at radius 1 is 1.14 bits per heavy atom. The molecule has 4 rings (SSSR count). The molecule has 2 aromatic carbocycles. The second kappa shape index (κ2) is 7.50. The van der Waals surface area contributed by atoms with Gasteiger partial charge in [0.1, 0.15) is 5.75 Å². The minimum absolute atomic E-state index is 0.0144. The van der Waals surface area contributed by atoms with Crippen molar-refractivity contribution in [1.29, 1.82) is 0 Å². The van der Waals surface area contributed by atoms with E-state index in [0.717, 1.165) is 22.6 Å². The van der Waals surface area contributed by atoms with E-state index < -0.39 is 12.1 Å². The SMILES string of the molecule is Cc1cc(N2CCC(C(F)(F)F)CC2)ccc1Nc1ccc2c(c1)NC(=O)CO2. The first-order valence-electron chi connectivity index (χ1n) is 9.55. The number of aryl methyl sites for hydroxylation is 1. The third kappa shape index (κ3) is 4.26. The van der Waals surface area contributed by atoms with Crippen LogP contribution in [0.4, 0.5) is 35.9 Å². The predicted octanol–water partition coefficient (Wildman–Crippen LogP) is 4.85. The van der Waals surface area contributed by atoms with Crippen LogP contribution in [0, 0.1) is 12.8 Å². The number of ether oxygens (including phenoxy) is 1. The van der Waals surface area contributed by atoms with Crippen LogP contribution >= 0.6 is 0 Å². The molecule has 2 aromatic rings. The largest absolute Gasteiger partial charge is 0.482 e. The molecule has 1 saturated heterocycles. The number of piperidine rings is 1. The molecule has 2 aliphatic heterocycles. The quantitative estimate of drug-likeness (QED) is 0.767. The van der Waals surface area contributed by atoms with E-state index in [-0.39, 0.29) is 25.4 Å². The number of anilines is 4. The molecule has 0 radical (unpaired) electrons. The molecule has 1 amide bonds. The number of halogens is 3. The first-order valence-corrected chi connectivity index (χ1v) is 9.55. The van der Waals surface area contributed by atoms with Gasteiger partial charge >= 0.3 is 6.18 Å². The number of carbonyl (C=O) groups is 1. The lowest BCUT2D eigenvalue weighted by Crippen LogP contribution is -2.39. The average Bonchev–Trinajstić information content (AvgIpc) is 2.68. The number of amides is 1. The molecule has 1 fully saturated rings. The van der Waals surface area contributed by atoms with Crippen LogP contribution in [-0.2, 0) is 4.79 Å². The van der Waals surface area contributed by atoms with Gasteiger partial charge in [-0.3, -0.25) is 4.79 Å². The molecule has 154 valence electrons. The van der Waals surface area contributed by atoms with Gasteiger partial charge in [-0.15, -0.1) is 0 Å². The van der Waals surface area contributed by atoms with Crippen molar-refractivity contribution in [1.82, 2.24) is 0 Å². The second-order valence-corrected chi connectivity index (χ2v) is 7.47. The van der Waals surface area contributed by atoms with Crippen molar-refractivity contribution in [3.8, 4) is 5.75 Å². The molecule has 0 bridgehead atoms. The lowest BCUT2D eigenvalue weighted by atomic mass is 9.96. The van der Waals surface area contributed by atoms with Gasteiger partial charge in [0.15, 0.2) is 6.61 Å². The summed E-state index contributed by atoms with van der Waals surface area (Å²) in [5.74, 6) is -0.761. The van der Waals surface area contributed by atoms with Crippen LogP contribution in [0.25, 0.3) is 0 Å². The van der Waals surface area contributed by atoms with E-state index in [1.54, 1.807) is 6.07 Å². The zero-order valence-corrected chi connectivity index (χ0v) is 16.0. The highest BCUT2D eigenvalue weighted by Gasteiger charge is 2.41. The Morgan fingerprint density at radius 3 is 2.59 bits per heavy atom. The molecule has 0 aromatic heterocycles. The fraction of sp³-hybridized carbons (Fsp3) is 0.381. The number of nitrogens with zero attached hydrogens (tertiary/aromatic N) is 1. The molecule has 2 N–H and O–H groups in total. The zero-order valence-electron chi connectivity index (χ0n) is 16.0. The average molecular weight is 405 g/mol. The van der Waals surface area contributed by atoms with E-state index in [1.165, 1.54) is 0 Å². The first kappa shape index (κ1) is 19.4. The van der Waals surface area contributed by atoms with Crippen molar-refractivity contribution in [2.45, 2.75) is 25.9 Å². The Morgan fingerprint density at radius 2 is 1.90 bits per heavy atom. The van der Waals surface area contributed by atoms with Crippen LogP contribution in [0.5, 0.6) is 5.75 Å². The van der Waals surface area contributed by atoms with Gasteiger partial charge in [-0.2, -0.15) is 13.2 Å². The van der Waals surface area contributed by atoms with E-state index in [0.29, 0.717) is 24.5 Å². The Kier molecular flexibility index (Phi) is 5.02. The normalized spacial score (nSPS) is 17.4. The fourth-order valence-electron chi connectivity index (χ4n) is 3.77. The number of carbonyl (C=O) groups excluding carboxylic acids is 1. The summed E-state index contributed by atoms with van der Waals surface area (Å²) in [5.41, 5.74) is 4.23. The molecule has 0 unspecified atom stereocenters. The van der Waals surface area contributed by atoms with Gasteiger partial charge in [0, 0.05) is 30.2 Å². The summed E-state index contributed by atoms with van der Waals surface area (Å²) in [7, 11) is 0. The Bertz CT molecular complexity index is 922. The highest BCUT2D eigenvalue weighted by atomic mass is 19.4. The van der Waals surface area contributed by atoms with Crippen LogP contribution < -0.4 is 20.3 Å². The number of benzene rings is 2. The van der Waals surface area contributed by atoms with Gasteiger partial charge in [0.2, 0.25) is 0 Å². The van der Waals surface area contributed by atoms with Crippen molar-refractivity contribution in [3.05, 3.63) is 42.0 Å². The van der Waals surface area contributed by atoms with Gasteiger partial charge in [-0.25, -0.2) is 0 Å². The topological polar surface area (TPSA) is 53.6 Å². The summed E-state index contributed by atoms with van der Waals surface area (Å²) >= 11 is 0. The predicted molar refractivity (Wildman–Crippen MR) is 106 cm³/mol. The van der Waals surface area contributed by atoms with Gasteiger partial charge in [-0.1, -0.05) is 0 Å². The maximum Gasteiger partial charge on any atom is 0.391 e. The van der Waals surface area contributed by atoms with E-state index in [2.05, 4.69) is 10.6 Å². The maximum atomic E-state index is 12.9. The molecule has 2 aliphatic rings. The van der Waals surface area contributed by atoms with Crippen LogP contribution in [0.2, 0.25) is 0 Å². The summed E-state index contributed by atoms with van der Waals surface area (Å²) in [6.07, 6.45) is -3.84. The van der Waals surface area contributed by atoms with E-state index >= 15 is 0 Å². The van der Waals surface area contributed by atoms with Crippen LogP contribution in [0.1, 0.15) is 18.4 Å². The van der Waals surface area contributed by atoms with Crippen LogP contribution in [0.15, 0.2) is 36.4 Å². The number of alkyl halides is 3. The molecule has 29 heavy (non-hydrogen) atoms. The molecule has 2 heterocycles. The molecule has 8 heteroatoms. The van der Waals surface area contributed by atoms with Crippen LogP contribution in [-0.4, -0.2) is 31.8 Å². The molecule has 0 atom stereocenters. The molecule has 0 aliphatic carbocycles. The van der Waals surface area contributed by atoms with Crippen molar-refractivity contribution in [2.75, 3.05) is 35.2 Å². The minimum atomic E-state index is -4.10. The highest BCUT2D eigenvalue weighted by molar-refractivity contribution is 5.96. The monoisotopic (exact) mass is 405 g/mol. The zero-order chi connectivity index (χ0) is 20.6. The summed E-state index contributed by atoms with van der Waals surface area (Å²) in [6, 6.07) is 11.3. The number of rotatable bonds is 3. The van der Waals surface area contributed by atoms with Gasteiger partial charge in [-0.05, 0) is 61.7 Å². The lowest BCUT2D eigenvalue weighted by molar-refractivity contribution is -0.179. The second-order valence-electron chi connectivity index (χ2n) is 7.47. The third-order valence-electron chi connectivity index (χ3n) is 5.42. The summed E-state index contributed by atoms with van der Waals surface area (Å²) < 4.78 is 44.0. The van der Waals surface area contributed by atoms with E-state index in [9.17, 15) is 18.0 Å². The Hall–Kier alpha value is -2.90. The van der Waals surface area contributed by atoms with E-state index in [1.807, 2.05) is 42.2 Å². The number of hydrogen-bond acceptors (Lipinski definition) is 4. The van der Waals surface area contributed by atoms with Crippen molar-refractivity contribution in [2.24, 2.45) is 5.92 Å². The number of nitrogens with one attached hydrogen (secondary N) is 2. The summed E-state index contributed by atoms with van der Waals surface area (Å²) in [6.45, 7) is 2.78. The summed E-state index contributed by atoms with van der Waals surface area (Å²) in [5, 5.41) is 6.10.